The van der Waals surface area contributed by atoms with E-state index in [1.807, 2.05) is 0 Å². The van der Waals surface area contributed by atoms with Gasteiger partial charge in [0.05, 0.1) is 23.8 Å². The standard InChI is InChI=1S/C17H21FN2O3S2/c1-11(24)19-9-14-10-20(17(21)23-14)13-2-3-15(16(18)8-13)12-4-6-25(22)7-5-12/h2-3,8,12,14H,4-7,9-10H2,1H3,(H,19,24)/t12-,14-,25-/m0/s1. The van der Waals surface area contributed by atoms with E-state index in [0.29, 0.717) is 40.8 Å². The number of thiocarbonyl (C=S) groups is 1. The van der Waals surface area contributed by atoms with Gasteiger partial charge in [-0.15, -0.1) is 0 Å². The molecule has 2 aliphatic heterocycles. The molecule has 1 aromatic carbocycles. The molecule has 5 nitrogen and oxygen atoms in total. The molecule has 0 spiro atoms. The molecule has 2 fully saturated rings. The number of anilines is 1. The van der Waals surface area contributed by atoms with Gasteiger partial charge in [-0.1, -0.05) is 29.5 Å². The number of cyclic esters (lactones) is 1. The Bertz CT molecular complexity index is 665. The maximum Gasteiger partial charge on any atom is 0.414 e. The number of nitrogens with zero attached hydrogens (tertiary/aromatic N) is 1. The molecule has 0 aliphatic carbocycles. The van der Waals surface area contributed by atoms with E-state index in [-0.39, 0.29) is 17.8 Å². The lowest BCUT2D eigenvalue weighted by Crippen LogP contribution is -2.32. The maximum atomic E-state index is 14.6. The smallest absolute Gasteiger partial charge is 0.414 e. The third-order valence-electron chi connectivity index (χ3n) is 4.58. The number of carbonyl (C=O) groups excluding carboxylic acids is 1. The van der Waals surface area contributed by atoms with Crippen molar-refractivity contribution in [3.63, 3.8) is 0 Å². The fourth-order valence-electron chi connectivity index (χ4n) is 3.22. The monoisotopic (exact) mass is 384 g/mol. The fourth-order valence-corrected chi connectivity index (χ4v) is 4.60. The lowest BCUT2D eigenvalue weighted by atomic mass is 9.93. The van der Waals surface area contributed by atoms with Gasteiger partial charge in [-0.25, -0.2) is 9.18 Å². The third-order valence-corrected chi connectivity index (χ3v) is 6.10. The molecule has 8 heteroatoms. The van der Waals surface area contributed by atoms with Crippen LogP contribution in [0.25, 0.3) is 0 Å². The molecular weight excluding hydrogens is 363 g/mol. The quantitative estimate of drug-likeness (QED) is 0.639. The number of benzene rings is 1. The first-order valence-corrected chi connectivity index (χ1v) is 10.2. The van der Waals surface area contributed by atoms with Crippen molar-refractivity contribution in [2.75, 3.05) is 29.5 Å². The summed E-state index contributed by atoms with van der Waals surface area (Å²) in [7, 11) is 0. The van der Waals surface area contributed by atoms with Crippen LogP contribution >= 0.6 is 12.2 Å². The Morgan fingerprint density at radius 2 is 2.20 bits per heavy atom. The summed E-state index contributed by atoms with van der Waals surface area (Å²) in [5.74, 6) is 1.02. The molecule has 136 valence electrons. The summed E-state index contributed by atoms with van der Waals surface area (Å²) in [6.45, 7) is 2.56. The van der Waals surface area contributed by atoms with Gasteiger partial charge in [0.1, 0.15) is 23.4 Å². The topological polar surface area (TPSA) is 64.6 Å². The lowest BCUT2D eigenvalue weighted by Gasteiger charge is -2.25. The molecule has 0 saturated carbocycles. The average molecular weight is 384 g/mol. The first kappa shape index (κ1) is 18.4. The second kappa shape index (κ2) is 7.88. The van der Waals surface area contributed by atoms with Crippen molar-refractivity contribution in [3.8, 4) is 0 Å². The highest BCUT2D eigenvalue weighted by Crippen LogP contribution is 2.33. The van der Waals surface area contributed by atoms with Gasteiger partial charge in [-0.2, -0.15) is 0 Å². The Morgan fingerprint density at radius 1 is 1.48 bits per heavy atom. The molecule has 1 N–H and O–H groups in total. The van der Waals surface area contributed by atoms with Crippen molar-refractivity contribution in [2.45, 2.75) is 31.8 Å². The lowest BCUT2D eigenvalue weighted by molar-refractivity contribution is 0.143. The van der Waals surface area contributed by atoms with Crippen LogP contribution in [0.2, 0.25) is 0 Å². The van der Waals surface area contributed by atoms with Crippen molar-refractivity contribution < 1.29 is 18.5 Å². The van der Waals surface area contributed by atoms with Gasteiger partial charge in [-0.3, -0.25) is 4.90 Å². The third kappa shape index (κ3) is 4.43. The number of halogens is 1. The van der Waals surface area contributed by atoms with Crippen molar-refractivity contribution in [1.29, 1.82) is 0 Å². The average Bonchev–Trinajstić information content (AvgIpc) is 2.95. The minimum Gasteiger partial charge on any atom is -0.616 e. The number of carbonyl (C=O) groups is 1. The second-order valence-electron chi connectivity index (χ2n) is 6.38. The molecule has 2 saturated heterocycles. The normalized spacial score (nSPS) is 26.4. The summed E-state index contributed by atoms with van der Waals surface area (Å²) in [5.41, 5.74) is 1.13. The van der Waals surface area contributed by atoms with Crippen molar-refractivity contribution in [2.24, 2.45) is 0 Å². The van der Waals surface area contributed by atoms with Crippen LogP contribution in [0, 0.1) is 5.82 Å². The zero-order chi connectivity index (χ0) is 18.0. The molecule has 1 atom stereocenters. The zero-order valence-electron chi connectivity index (χ0n) is 14.0. The largest absolute Gasteiger partial charge is 0.616 e. The Morgan fingerprint density at radius 3 is 2.84 bits per heavy atom. The number of nitrogens with one attached hydrogen (secondary N) is 1. The van der Waals surface area contributed by atoms with E-state index in [4.69, 9.17) is 17.0 Å². The van der Waals surface area contributed by atoms with Gasteiger partial charge >= 0.3 is 6.09 Å². The summed E-state index contributed by atoms with van der Waals surface area (Å²) in [6, 6.07) is 4.89. The molecule has 3 rings (SSSR count). The van der Waals surface area contributed by atoms with Crippen molar-refractivity contribution in [1.82, 2.24) is 5.32 Å². The minimum absolute atomic E-state index is 0.0970. The number of amides is 1. The van der Waals surface area contributed by atoms with E-state index in [1.165, 1.54) is 11.0 Å². The second-order valence-corrected chi connectivity index (χ2v) is 8.69. The SMILES string of the molecule is CC(=S)NC[C@H]1CN(c2ccc([C@H]3CC[S@+]([O-])CC3)c(F)c2)C(=O)O1. The van der Waals surface area contributed by atoms with Crippen molar-refractivity contribution >= 4 is 40.2 Å². The predicted molar refractivity (Wildman–Crippen MR) is 100 cm³/mol. The van der Waals surface area contributed by atoms with Crippen LogP contribution in [0.1, 0.15) is 31.2 Å². The molecule has 2 aliphatic rings. The van der Waals surface area contributed by atoms with E-state index in [9.17, 15) is 13.7 Å². The van der Waals surface area contributed by atoms with E-state index in [1.54, 1.807) is 19.1 Å². The molecule has 2 heterocycles. The Labute approximate surface area is 155 Å². The van der Waals surface area contributed by atoms with Gasteiger partial charge in [0.15, 0.2) is 0 Å². The number of rotatable bonds is 4. The van der Waals surface area contributed by atoms with Crippen LogP contribution < -0.4 is 10.2 Å². The van der Waals surface area contributed by atoms with E-state index < -0.39 is 17.3 Å². The highest BCUT2D eigenvalue weighted by molar-refractivity contribution is 7.91. The number of ether oxygens (including phenoxy) is 1. The first-order chi connectivity index (χ1) is 11.9. The van der Waals surface area contributed by atoms with Gasteiger partial charge in [-0.05, 0) is 43.4 Å². The van der Waals surface area contributed by atoms with Crippen LogP contribution in [-0.2, 0) is 15.9 Å². The maximum absolute atomic E-state index is 14.6. The van der Waals surface area contributed by atoms with Crippen molar-refractivity contribution in [3.05, 3.63) is 29.6 Å². The highest BCUT2D eigenvalue weighted by atomic mass is 32.2. The van der Waals surface area contributed by atoms with Crippen LogP contribution in [0.3, 0.4) is 0 Å². The predicted octanol–water partition coefficient (Wildman–Crippen LogP) is 2.71. The molecule has 1 amide bonds. The minimum atomic E-state index is -0.769. The summed E-state index contributed by atoms with van der Waals surface area (Å²) < 4.78 is 31.3. The van der Waals surface area contributed by atoms with Crippen LogP contribution in [-0.4, -0.2) is 46.3 Å². The Balaban J connectivity index is 1.68. The molecule has 0 radical (unpaired) electrons. The molecule has 0 bridgehead atoms. The van der Waals surface area contributed by atoms with Crippen LogP contribution in [0.15, 0.2) is 18.2 Å². The van der Waals surface area contributed by atoms with E-state index >= 15 is 0 Å². The zero-order valence-corrected chi connectivity index (χ0v) is 15.6. The number of hydrogen-bond acceptors (Lipinski definition) is 4. The molecule has 1 aromatic rings. The summed E-state index contributed by atoms with van der Waals surface area (Å²) in [4.78, 5) is 14.1. The summed E-state index contributed by atoms with van der Waals surface area (Å²) in [5, 5.41) is 2.98. The molecular formula is C17H21FN2O3S2. The molecule has 0 unspecified atom stereocenters. The summed E-state index contributed by atoms with van der Waals surface area (Å²) in [6.07, 6.45) is 0.675. The Kier molecular flexibility index (Phi) is 5.81. The van der Waals surface area contributed by atoms with Gasteiger partial charge in [0.2, 0.25) is 0 Å². The molecule has 0 aromatic heterocycles. The summed E-state index contributed by atoms with van der Waals surface area (Å²) >= 11 is 4.18. The highest BCUT2D eigenvalue weighted by Gasteiger charge is 2.33. The van der Waals surface area contributed by atoms with E-state index in [2.05, 4.69) is 5.32 Å². The Hall–Kier alpha value is -1.38. The fraction of sp³-hybridized carbons (Fsp3) is 0.529. The van der Waals surface area contributed by atoms with Crippen LogP contribution in [0.4, 0.5) is 14.9 Å². The van der Waals surface area contributed by atoms with E-state index in [0.717, 1.165) is 12.8 Å². The van der Waals surface area contributed by atoms with Gasteiger partial charge < -0.3 is 14.6 Å². The first-order valence-electron chi connectivity index (χ1n) is 8.31. The van der Waals surface area contributed by atoms with Gasteiger partial charge in [0, 0.05) is 0 Å². The molecule has 25 heavy (non-hydrogen) atoms. The van der Waals surface area contributed by atoms with Gasteiger partial charge in [0.25, 0.3) is 0 Å². The number of hydrogen-bond donors (Lipinski definition) is 1. The van der Waals surface area contributed by atoms with Crippen LogP contribution in [0.5, 0.6) is 0 Å².